The van der Waals surface area contributed by atoms with Gasteiger partial charge in [0.2, 0.25) is 11.7 Å². The maximum atomic E-state index is 13.0. The number of aromatic nitrogens is 4. The van der Waals surface area contributed by atoms with Crippen molar-refractivity contribution in [2.24, 2.45) is 0 Å². The van der Waals surface area contributed by atoms with Gasteiger partial charge in [-0.25, -0.2) is 0 Å². The third-order valence-electron chi connectivity index (χ3n) is 5.96. The van der Waals surface area contributed by atoms with Crippen LogP contribution in [-0.4, -0.2) is 44.3 Å². The first-order valence-corrected chi connectivity index (χ1v) is 10.6. The average Bonchev–Trinajstić information content (AvgIpc) is 3.50. The molecule has 2 aliphatic rings. The molecular formula is C22H25N5O3. The van der Waals surface area contributed by atoms with Crippen molar-refractivity contribution in [3.05, 3.63) is 51.4 Å². The first-order valence-electron chi connectivity index (χ1n) is 10.6. The van der Waals surface area contributed by atoms with Crippen molar-refractivity contribution in [3.8, 4) is 11.4 Å². The molecule has 0 saturated carbocycles. The molecule has 30 heavy (non-hydrogen) atoms. The van der Waals surface area contributed by atoms with Gasteiger partial charge in [0, 0.05) is 30.0 Å². The van der Waals surface area contributed by atoms with Crippen LogP contribution in [0, 0.1) is 6.92 Å². The number of rotatable bonds is 5. The van der Waals surface area contributed by atoms with Gasteiger partial charge in [0.25, 0.3) is 5.56 Å². The molecule has 1 aromatic carbocycles. The van der Waals surface area contributed by atoms with Gasteiger partial charge >= 0.3 is 0 Å². The van der Waals surface area contributed by atoms with E-state index in [1.165, 1.54) is 4.52 Å². The highest BCUT2D eigenvalue weighted by Crippen LogP contribution is 2.22. The van der Waals surface area contributed by atoms with Gasteiger partial charge in [0.1, 0.15) is 6.54 Å². The number of hydrogen-bond acceptors (Lipinski definition) is 5. The van der Waals surface area contributed by atoms with Crippen molar-refractivity contribution in [2.45, 2.75) is 51.7 Å². The molecule has 1 saturated heterocycles. The molecule has 8 heteroatoms. The summed E-state index contributed by atoms with van der Waals surface area (Å²) in [6.45, 7) is 3.41. The summed E-state index contributed by atoms with van der Waals surface area (Å²) >= 11 is 0. The van der Waals surface area contributed by atoms with Crippen LogP contribution in [0.3, 0.4) is 0 Å². The maximum Gasteiger partial charge on any atom is 0.279 e. The summed E-state index contributed by atoms with van der Waals surface area (Å²) < 4.78 is 8.80. The molecule has 1 N–H and O–H groups in total. The van der Waals surface area contributed by atoms with E-state index in [0.717, 1.165) is 54.7 Å². The largest absolute Gasteiger partial charge is 0.376 e. The normalized spacial score (nSPS) is 18.1. The predicted octanol–water partition coefficient (Wildman–Crippen LogP) is 1.65. The zero-order chi connectivity index (χ0) is 20.7. The lowest BCUT2D eigenvalue weighted by molar-refractivity contribution is -0.122. The fourth-order valence-corrected chi connectivity index (χ4v) is 4.34. The monoisotopic (exact) mass is 407 g/mol. The van der Waals surface area contributed by atoms with Gasteiger partial charge in [-0.15, -0.1) is 5.10 Å². The molecule has 0 radical (unpaired) electrons. The summed E-state index contributed by atoms with van der Waals surface area (Å²) in [7, 11) is 0. The zero-order valence-electron chi connectivity index (χ0n) is 17.1. The molecule has 8 nitrogen and oxygen atoms in total. The summed E-state index contributed by atoms with van der Waals surface area (Å²) in [5, 5.41) is 7.46. The van der Waals surface area contributed by atoms with E-state index in [4.69, 9.17) is 4.74 Å². The number of carbonyl (C=O) groups excluding carboxylic acids is 1. The van der Waals surface area contributed by atoms with Crippen molar-refractivity contribution in [2.75, 3.05) is 13.2 Å². The lowest BCUT2D eigenvalue weighted by Gasteiger charge is -2.15. The smallest absolute Gasteiger partial charge is 0.279 e. The second-order valence-corrected chi connectivity index (χ2v) is 8.12. The van der Waals surface area contributed by atoms with Crippen LogP contribution in [0.2, 0.25) is 0 Å². The number of fused-ring (bicyclic) bond motifs is 2. The molecule has 1 fully saturated rings. The van der Waals surface area contributed by atoms with Gasteiger partial charge in [-0.05, 0) is 39.0 Å². The van der Waals surface area contributed by atoms with Crippen LogP contribution in [0.15, 0.2) is 29.1 Å². The third kappa shape index (κ3) is 3.41. The van der Waals surface area contributed by atoms with Gasteiger partial charge in [-0.2, -0.15) is 9.50 Å². The fourth-order valence-electron chi connectivity index (χ4n) is 4.34. The Morgan fingerprint density at radius 1 is 1.23 bits per heavy atom. The molecule has 3 heterocycles. The molecule has 1 aliphatic carbocycles. The second-order valence-electron chi connectivity index (χ2n) is 8.12. The van der Waals surface area contributed by atoms with Gasteiger partial charge in [0.05, 0.1) is 6.10 Å². The Bertz CT molecular complexity index is 1160. The van der Waals surface area contributed by atoms with Gasteiger partial charge in [-0.3, -0.25) is 9.59 Å². The van der Waals surface area contributed by atoms with Crippen LogP contribution >= 0.6 is 0 Å². The third-order valence-corrected chi connectivity index (χ3v) is 5.96. The summed E-state index contributed by atoms with van der Waals surface area (Å²) in [5.41, 5.74) is 3.51. The summed E-state index contributed by atoms with van der Waals surface area (Å²) in [6.07, 6.45) is 4.49. The van der Waals surface area contributed by atoms with Crippen LogP contribution in [0.4, 0.5) is 0 Å². The van der Waals surface area contributed by atoms with Crippen molar-refractivity contribution in [1.29, 1.82) is 0 Å². The summed E-state index contributed by atoms with van der Waals surface area (Å²) in [6, 6.07) is 7.87. The highest BCUT2D eigenvalue weighted by atomic mass is 16.5. The predicted molar refractivity (Wildman–Crippen MR) is 111 cm³/mol. The molecule has 1 atom stereocenters. The molecule has 3 aromatic rings. The molecule has 0 spiro atoms. The van der Waals surface area contributed by atoms with E-state index in [-0.39, 0.29) is 24.1 Å². The molecule has 1 amide bonds. The lowest BCUT2D eigenvalue weighted by Crippen LogP contribution is -2.35. The van der Waals surface area contributed by atoms with Crippen molar-refractivity contribution in [3.63, 3.8) is 0 Å². The highest BCUT2D eigenvalue weighted by Gasteiger charge is 2.25. The Balaban J connectivity index is 1.51. The van der Waals surface area contributed by atoms with E-state index in [2.05, 4.69) is 15.4 Å². The Labute approximate surface area is 173 Å². The number of aryl methyl sites for hydroxylation is 1. The van der Waals surface area contributed by atoms with E-state index in [1.807, 2.05) is 35.8 Å². The second kappa shape index (κ2) is 7.68. The first-order chi connectivity index (χ1) is 14.6. The van der Waals surface area contributed by atoms with E-state index in [9.17, 15) is 9.59 Å². The van der Waals surface area contributed by atoms with Crippen LogP contribution < -0.4 is 10.9 Å². The molecule has 1 aliphatic heterocycles. The molecule has 156 valence electrons. The fraction of sp³-hybridized carbons (Fsp3) is 0.455. The minimum absolute atomic E-state index is 0.0925. The van der Waals surface area contributed by atoms with Crippen LogP contribution in [0.5, 0.6) is 0 Å². The highest BCUT2D eigenvalue weighted by molar-refractivity contribution is 5.76. The standard InChI is InChI=1S/C22H25N5O3/c1-14-7-9-15(10-8-14)20-24-22-26(13-19(28)23-12-16-4-3-11-30-16)18-6-2-5-17(18)21(29)27(22)25-20/h7-10,16H,2-6,11-13H2,1H3,(H,23,28)/t16-/m1/s1. The molecule has 5 rings (SSSR count). The molecule has 0 unspecified atom stereocenters. The van der Waals surface area contributed by atoms with Crippen molar-refractivity contribution >= 4 is 11.7 Å². The first kappa shape index (κ1) is 19.0. The number of hydrogen-bond donors (Lipinski definition) is 1. The summed E-state index contributed by atoms with van der Waals surface area (Å²) in [5.74, 6) is 0.804. The van der Waals surface area contributed by atoms with E-state index < -0.39 is 0 Å². The SMILES string of the molecule is Cc1ccc(-c2nc3n(CC(=O)NC[C@H]4CCCO4)c4c(c(=O)n3n2)CCC4)cc1. The zero-order valence-corrected chi connectivity index (χ0v) is 17.1. The lowest BCUT2D eigenvalue weighted by atomic mass is 10.1. The van der Waals surface area contributed by atoms with E-state index >= 15 is 0 Å². The van der Waals surface area contributed by atoms with Gasteiger partial charge in [-0.1, -0.05) is 29.8 Å². The summed E-state index contributed by atoms with van der Waals surface area (Å²) in [4.78, 5) is 30.3. The average molecular weight is 407 g/mol. The van der Waals surface area contributed by atoms with Crippen LogP contribution in [0.25, 0.3) is 17.2 Å². The number of carbonyl (C=O) groups is 1. The number of amides is 1. The van der Waals surface area contributed by atoms with Crippen molar-refractivity contribution < 1.29 is 9.53 Å². The maximum absolute atomic E-state index is 13.0. The minimum atomic E-state index is -0.126. The minimum Gasteiger partial charge on any atom is -0.376 e. The number of ether oxygens (including phenoxy) is 1. The number of benzene rings is 1. The Kier molecular flexibility index (Phi) is 4.86. The van der Waals surface area contributed by atoms with Crippen LogP contribution in [-0.2, 0) is 28.9 Å². The Hall–Kier alpha value is -3.00. The Morgan fingerprint density at radius 2 is 2.07 bits per heavy atom. The quantitative estimate of drug-likeness (QED) is 0.695. The number of nitrogens with one attached hydrogen (secondary N) is 1. The topological polar surface area (TPSA) is 90.5 Å². The van der Waals surface area contributed by atoms with Crippen LogP contribution in [0.1, 0.15) is 36.1 Å². The van der Waals surface area contributed by atoms with Crippen molar-refractivity contribution in [1.82, 2.24) is 24.5 Å². The molecule has 0 bridgehead atoms. The number of nitrogens with zero attached hydrogens (tertiary/aromatic N) is 4. The molecular weight excluding hydrogens is 382 g/mol. The Morgan fingerprint density at radius 3 is 2.83 bits per heavy atom. The van der Waals surface area contributed by atoms with E-state index in [0.29, 0.717) is 24.6 Å². The van der Waals surface area contributed by atoms with Gasteiger partial charge in [0.15, 0.2) is 5.82 Å². The van der Waals surface area contributed by atoms with E-state index in [1.54, 1.807) is 0 Å². The van der Waals surface area contributed by atoms with Gasteiger partial charge < -0.3 is 14.6 Å². The molecule has 2 aromatic heterocycles.